The number of nitrogens with zero attached hydrogens (tertiary/aromatic N) is 2. The first-order valence-corrected chi connectivity index (χ1v) is 7.88. The first kappa shape index (κ1) is 15.8. The first-order valence-electron chi connectivity index (χ1n) is 7.50. The summed E-state index contributed by atoms with van der Waals surface area (Å²) in [5.74, 6) is 0.750. The predicted molar refractivity (Wildman–Crippen MR) is 85.9 cm³/mol. The maximum atomic E-state index is 6.33. The molecule has 0 saturated carbocycles. The van der Waals surface area contributed by atoms with Gasteiger partial charge in [-0.15, -0.1) is 0 Å². The summed E-state index contributed by atoms with van der Waals surface area (Å²) in [6, 6.07) is 6.19. The van der Waals surface area contributed by atoms with Gasteiger partial charge in [-0.2, -0.15) is 0 Å². The molecule has 1 aromatic carbocycles. The van der Waals surface area contributed by atoms with Gasteiger partial charge in [0.25, 0.3) is 0 Å². The molecule has 0 radical (unpaired) electrons. The van der Waals surface area contributed by atoms with Crippen molar-refractivity contribution in [3.63, 3.8) is 0 Å². The van der Waals surface area contributed by atoms with Gasteiger partial charge in [-0.05, 0) is 23.1 Å². The van der Waals surface area contributed by atoms with Crippen molar-refractivity contribution >= 4 is 11.6 Å². The molecular weight excluding hydrogens is 270 g/mol. The number of rotatable bonds is 5. The van der Waals surface area contributed by atoms with Crippen LogP contribution in [0.5, 0.6) is 0 Å². The Kier molecular flexibility index (Phi) is 5.85. The van der Waals surface area contributed by atoms with Crippen LogP contribution in [-0.4, -0.2) is 42.5 Å². The number of hydrogen-bond acceptors (Lipinski definition) is 3. The van der Waals surface area contributed by atoms with Crippen molar-refractivity contribution in [3.8, 4) is 0 Å². The predicted octanol–water partition coefficient (Wildman–Crippen LogP) is 2.57. The highest BCUT2D eigenvalue weighted by molar-refractivity contribution is 6.31. The van der Waals surface area contributed by atoms with E-state index in [2.05, 4.69) is 35.8 Å². The molecule has 20 heavy (non-hydrogen) atoms. The Morgan fingerprint density at radius 3 is 2.35 bits per heavy atom. The summed E-state index contributed by atoms with van der Waals surface area (Å²) in [5, 5.41) is 0.845. The van der Waals surface area contributed by atoms with Gasteiger partial charge in [0.15, 0.2) is 0 Å². The summed E-state index contributed by atoms with van der Waals surface area (Å²) in [6.07, 6.45) is 0. The fourth-order valence-corrected chi connectivity index (χ4v) is 3.00. The number of halogens is 1. The van der Waals surface area contributed by atoms with Crippen LogP contribution in [0.1, 0.15) is 25.0 Å². The zero-order valence-corrected chi connectivity index (χ0v) is 13.4. The van der Waals surface area contributed by atoms with E-state index in [4.69, 9.17) is 17.3 Å². The third-order valence-electron chi connectivity index (χ3n) is 3.84. The van der Waals surface area contributed by atoms with Crippen LogP contribution in [0.3, 0.4) is 0 Å². The van der Waals surface area contributed by atoms with Crippen LogP contribution in [0, 0.1) is 5.92 Å². The summed E-state index contributed by atoms with van der Waals surface area (Å²) in [5.41, 5.74) is 7.94. The highest BCUT2D eigenvalue weighted by atomic mass is 35.5. The minimum atomic E-state index is 0.549. The lowest BCUT2D eigenvalue weighted by Gasteiger charge is -2.35. The molecule has 1 fully saturated rings. The van der Waals surface area contributed by atoms with Gasteiger partial charge in [0.2, 0.25) is 0 Å². The van der Waals surface area contributed by atoms with E-state index < -0.39 is 0 Å². The maximum absolute atomic E-state index is 6.33. The van der Waals surface area contributed by atoms with Gasteiger partial charge in [-0.25, -0.2) is 0 Å². The van der Waals surface area contributed by atoms with Crippen molar-refractivity contribution in [3.05, 3.63) is 34.3 Å². The molecule has 1 heterocycles. The topological polar surface area (TPSA) is 32.5 Å². The monoisotopic (exact) mass is 295 g/mol. The van der Waals surface area contributed by atoms with Crippen molar-refractivity contribution in [1.29, 1.82) is 0 Å². The molecule has 1 aliphatic rings. The number of piperazine rings is 1. The molecular formula is C16H26ClN3. The van der Waals surface area contributed by atoms with Gasteiger partial charge in [0.05, 0.1) is 0 Å². The van der Waals surface area contributed by atoms with E-state index in [1.165, 1.54) is 12.1 Å². The van der Waals surface area contributed by atoms with Crippen LogP contribution in [0.15, 0.2) is 18.2 Å². The summed E-state index contributed by atoms with van der Waals surface area (Å²) >= 11 is 6.33. The van der Waals surface area contributed by atoms with Crippen LogP contribution < -0.4 is 5.73 Å². The zero-order valence-electron chi connectivity index (χ0n) is 12.6. The average Bonchev–Trinajstić information content (AvgIpc) is 2.42. The molecule has 2 rings (SSSR count). The number of benzene rings is 1. The van der Waals surface area contributed by atoms with E-state index in [9.17, 15) is 0 Å². The second-order valence-electron chi connectivity index (χ2n) is 6.10. The SMILES string of the molecule is CC(C)CN1CCN(Cc2ccc(CN)cc2Cl)CC1. The number of nitrogens with two attached hydrogens (primary N) is 1. The summed E-state index contributed by atoms with van der Waals surface area (Å²) in [4.78, 5) is 5.04. The highest BCUT2D eigenvalue weighted by Gasteiger charge is 2.18. The van der Waals surface area contributed by atoms with Gasteiger partial charge >= 0.3 is 0 Å². The van der Waals surface area contributed by atoms with E-state index in [0.717, 1.165) is 49.2 Å². The molecule has 0 bridgehead atoms. The molecule has 2 N–H and O–H groups in total. The lowest BCUT2D eigenvalue weighted by Crippen LogP contribution is -2.46. The van der Waals surface area contributed by atoms with Crippen LogP contribution in [-0.2, 0) is 13.1 Å². The fourth-order valence-electron chi connectivity index (χ4n) is 2.73. The Morgan fingerprint density at radius 2 is 1.80 bits per heavy atom. The Labute approximate surface area is 127 Å². The molecule has 112 valence electrons. The third kappa shape index (κ3) is 4.45. The first-order chi connectivity index (χ1) is 9.58. The number of hydrogen-bond donors (Lipinski definition) is 1. The smallest absolute Gasteiger partial charge is 0.0454 e. The van der Waals surface area contributed by atoms with Gasteiger partial charge in [-0.3, -0.25) is 4.90 Å². The van der Waals surface area contributed by atoms with Crippen molar-refractivity contribution < 1.29 is 0 Å². The lowest BCUT2D eigenvalue weighted by atomic mass is 10.1. The molecule has 1 saturated heterocycles. The normalized spacial score (nSPS) is 17.9. The third-order valence-corrected chi connectivity index (χ3v) is 4.19. The Bertz CT molecular complexity index is 426. The van der Waals surface area contributed by atoms with E-state index in [0.29, 0.717) is 6.54 Å². The van der Waals surface area contributed by atoms with Crippen molar-refractivity contribution in [2.75, 3.05) is 32.7 Å². The highest BCUT2D eigenvalue weighted by Crippen LogP contribution is 2.20. The minimum absolute atomic E-state index is 0.549. The Balaban J connectivity index is 1.86. The molecule has 0 aliphatic carbocycles. The standard InChI is InChI=1S/C16H26ClN3/c1-13(2)11-19-5-7-20(8-6-19)12-15-4-3-14(10-18)9-16(15)17/h3-4,9,13H,5-8,10-12,18H2,1-2H3. The van der Waals surface area contributed by atoms with Crippen LogP contribution in [0.25, 0.3) is 0 Å². The van der Waals surface area contributed by atoms with Crippen LogP contribution >= 0.6 is 11.6 Å². The van der Waals surface area contributed by atoms with Crippen molar-refractivity contribution in [2.45, 2.75) is 26.9 Å². The second-order valence-corrected chi connectivity index (χ2v) is 6.51. The van der Waals surface area contributed by atoms with Gasteiger partial charge < -0.3 is 10.6 Å². The molecule has 1 aromatic rings. The van der Waals surface area contributed by atoms with Crippen LogP contribution in [0.2, 0.25) is 5.02 Å². The summed E-state index contributed by atoms with van der Waals surface area (Å²) in [6.45, 7) is 11.8. The molecule has 0 atom stereocenters. The maximum Gasteiger partial charge on any atom is 0.0454 e. The lowest BCUT2D eigenvalue weighted by molar-refractivity contribution is 0.117. The molecule has 0 aromatic heterocycles. The fraction of sp³-hybridized carbons (Fsp3) is 0.625. The van der Waals surface area contributed by atoms with E-state index in [1.54, 1.807) is 0 Å². The molecule has 0 spiro atoms. The summed E-state index contributed by atoms with van der Waals surface area (Å²) < 4.78 is 0. The van der Waals surface area contributed by atoms with E-state index in [-0.39, 0.29) is 0 Å². The molecule has 1 aliphatic heterocycles. The summed E-state index contributed by atoms with van der Waals surface area (Å²) in [7, 11) is 0. The zero-order chi connectivity index (χ0) is 14.5. The largest absolute Gasteiger partial charge is 0.326 e. The van der Waals surface area contributed by atoms with Crippen LogP contribution in [0.4, 0.5) is 0 Å². The van der Waals surface area contributed by atoms with Gasteiger partial charge in [-0.1, -0.05) is 37.6 Å². The van der Waals surface area contributed by atoms with Crippen molar-refractivity contribution in [2.24, 2.45) is 11.7 Å². The Hall–Kier alpha value is -0.610. The van der Waals surface area contributed by atoms with E-state index in [1.807, 2.05) is 6.07 Å². The second kappa shape index (κ2) is 7.41. The van der Waals surface area contributed by atoms with Crippen molar-refractivity contribution in [1.82, 2.24) is 9.80 Å². The molecule has 0 unspecified atom stereocenters. The Morgan fingerprint density at radius 1 is 1.15 bits per heavy atom. The van der Waals surface area contributed by atoms with E-state index >= 15 is 0 Å². The van der Waals surface area contributed by atoms with Gasteiger partial charge in [0, 0.05) is 50.8 Å². The quantitative estimate of drug-likeness (QED) is 0.906. The van der Waals surface area contributed by atoms with Gasteiger partial charge in [0.1, 0.15) is 0 Å². The minimum Gasteiger partial charge on any atom is -0.326 e. The molecule has 4 heteroatoms. The molecule has 0 amide bonds. The molecule has 3 nitrogen and oxygen atoms in total. The average molecular weight is 296 g/mol.